The molecule has 22 heavy (non-hydrogen) atoms. The quantitative estimate of drug-likeness (QED) is 0.469. The predicted molar refractivity (Wildman–Crippen MR) is 86.9 cm³/mol. The average molecular weight is 306 g/mol. The summed E-state index contributed by atoms with van der Waals surface area (Å²) in [5.41, 5.74) is 1.27. The highest BCUT2D eigenvalue weighted by molar-refractivity contribution is 5.67. The van der Waals surface area contributed by atoms with E-state index in [1.54, 1.807) is 12.1 Å². The average Bonchev–Trinajstić information content (AvgIpc) is 2.53. The second-order valence-corrected chi connectivity index (χ2v) is 5.73. The van der Waals surface area contributed by atoms with Gasteiger partial charge in [0.25, 0.3) is 0 Å². The first kappa shape index (κ1) is 16.7. The van der Waals surface area contributed by atoms with Gasteiger partial charge >= 0.3 is 0 Å². The molecule has 3 heteroatoms. The van der Waals surface area contributed by atoms with Crippen LogP contribution in [0.3, 0.4) is 0 Å². The molecule has 1 aliphatic rings. The number of ether oxygens (including phenoxy) is 1. The molecule has 120 valence electrons. The lowest BCUT2D eigenvalue weighted by Gasteiger charge is -2.20. The summed E-state index contributed by atoms with van der Waals surface area (Å²) in [5.74, 6) is -1.13. The van der Waals surface area contributed by atoms with Gasteiger partial charge in [0.05, 0.1) is 6.61 Å². The molecule has 0 aromatic heterocycles. The molecule has 0 amide bonds. The topological polar surface area (TPSA) is 9.23 Å². The molecule has 0 heterocycles. The van der Waals surface area contributed by atoms with Crippen LogP contribution >= 0.6 is 0 Å². The highest BCUT2D eigenvalue weighted by Crippen LogP contribution is 2.34. The van der Waals surface area contributed by atoms with Gasteiger partial charge in [-0.1, -0.05) is 31.6 Å². The van der Waals surface area contributed by atoms with Gasteiger partial charge in [-0.15, -0.1) is 0 Å². The van der Waals surface area contributed by atoms with Crippen LogP contribution in [-0.2, 0) is 0 Å². The van der Waals surface area contributed by atoms with Gasteiger partial charge < -0.3 is 4.74 Å². The minimum Gasteiger partial charge on any atom is -0.490 e. The molecule has 0 N–H and O–H groups in total. The smallest absolute Gasteiger partial charge is 0.201 e. The Morgan fingerprint density at radius 3 is 2.73 bits per heavy atom. The maximum atomic E-state index is 14.3. The van der Waals surface area contributed by atoms with Crippen molar-refractivity contribution in [1.29, 1.82) is 0 Å². The first-order valence-electron chi connectivity index (χ1n) is 8.10. The molecule has 1 nitrogen and oxygen atoms in total. The van der Waals surface area contributed by atoms with Crippen molar-refractivity contribution in [1.82, 2.24) is 0 Å². The van der Waals surface area contributed by atoms with E-state index in [0.717, 1.165) is 37.7 Å². The van der Waals surface area contributed by atoms with Gasteiger partial charge in [0.1, 0.15) is 0 Å². The third-order valence-electron chi connectivity index (χ3n) is 4.06. The number of rotatable bonds is 6. The number of halogens is 2. The van der Waals surface area contributed by atoms with Crippen LogP contribution in [0.4, 0.5) is 8.78 Å². The lowest BCUT2D eigenvalue weighted by Crippen LogP contribution is -2.06. The summed E-state index contributed by atoms with van der Waals surface area (Å²) in [5, 5.41) is 0. The number of allylic oxidation sites excluding steroid dienone is 4. The maximum absolute atomic E-state index is 14.3. The van der Waals surface area contributed by atoms with Gasteiger partial charge in [-0.3, -0.25) is 0 Å². The Balaban J connectivity index is 2.14. The Hall–Kier alpha value is -1.64. The zero-order valence-electron chi connectivity index (χ0n) is 13.4. The molecule has 0 fully saturated rings. The number of hydrogen-bond donors (Lipinski definition) is 0. The molecule has 0 aliphatic heterocycles. The highest BCUT2D eigenvalue weighted by Gasteiger charge is 2.20. The summed E-state index contributed by atoms with van der Waals surface area (Å²) in [6, 6.07) is 3.18. The standard InChI is InChI=1S/C19H24F2O/c1-3-5-13-22-17-12-11-16(18(20)19(17)21)15-9-7-14(6-4-2)8-10-15/h4,6,9,11-12,14H,3,5,7-8,10,13H2,1-2H3/b6-4+. The zero-order valence-corrected chi connectivity index (χ0v) is 13.4. The molecule has 0 spiro atoms. The lowest BCUT2D eigenvalue weighted by atomic mass is 9.86. The fourth-order valence-corrected chi connectivity index (χ4v) is 2.76. The van der Waals surface area contributed by atoms with E-state index < -0.39 is 11.6 Å². The maximum Gasteiger partial charge on any atom is 0.201 e. The van der Waals surface area contributed by atoms with Crippen LogP contribution in [0, 0.1) is 17.6 Å². The van der Waals surface area contributed by atoms with Crippen LogP contribution in [0.2, 0.25) is 0 Å². The van der Waals surface area contributed by atoms with Gasteiger partial charge in [0.2, 0.25) is 5.82 Å². The van der Waals surface area contributed by atoms with Crippen molar-refractivity contribution in [2.75, 3.05) is 6.61 Å². The molecule has 0 bridgehead atoms. The molecule has 1 unspecified atom stereocenters. The zero-order chi connectivity index (χ0) is 15.9. The Morgan fingerprint density at radius 1 is 1.27 bits per heavy atom. The van der Waals surface area contributed by atoms with E-state index in [9.17, 15) is 8.78 Å². The first-order valence-corrected chi connectivity index (χ1v) is 8.10. The van der Waals surface area contributed by atoms with Crippen LogP contribution in [0.1, 0.15) is 51.5 Å². The van der Waals surface area contributed by atoms with Gasteiger partial charge in [-0.2, -0.15) is 4.39 Å². The van der Waals surface area contributed by atoms with Gasteiger partial charge in [-0.25, -0.2) is 4.39 Å². The van der Waals surface area contributed by atoms with Crippen LogP contribution in [0.5, 0.6) is 5.75 Å². The van der Waals surface area contributed by atoms with Crippen molar-refractivity contribution in [2.45, 2.75) is 46.0 Å². The molecule has 1 atom stereocenters. The minimum atomic E-state index is -0.870. The summed E-state index contributed by atoms with van der Waals surface area (Å²) in [7, 11) is 0. The second-order valence-electron chi connectivity index (χ2n) is 5.73. The summed E-state index contributed by atoms with van der Waals surface area (Å²) in [6.07, 6.45) is 10.7. The summed E-state index contributed by atoms with van der Waals surface area (Å²) < 4.78 is 33.7. The largest absolute Gasteiger partial charge is 0.490 e. The molecule has 0 saturated carbocycles. The summed E-state index contributed by atoms with van der Waals surface area (Å²) in [4.78, 5) is 0. The Bertz CT molecular complexity index is 561. The monoisotopic (exact) mass is 306 g/mol. The Kier molecular flexibility index (Phi) is 6.17. The summed E-state index contributed by atoms with van der Waals surface area (Å²) in [6.45, 7) is 4.45. The van der Waals surface area contributed by atoms with Crippen molar-refractivity contribution >= 4 is 5.57 Å². The highest BCUT2D eigenvalue weighted by atomic mass is 19.2. The van der Waals surface area contributed by atoms with E-state index in [2.05, 4.69) is 6.08 Å². The van der Waals surface area contributed by atoms with E-state index in [4.69, 9.17) is 4.74 Å². The molecule has 1 aromatic carbocycles. The normalized spacial score (nSPS) is 18.5. The molecule has 1 aliphatic carbocycles. The predicted octanol–water partition coefficient (Wildman–Crippen LogP) is 5.90. The Morgan fingerprint density at radius 2 is 2.09 bits per heavy atom. The molecule has 1 aromatic rings. The SMILES string of the molecule is C/C=C/C1CC=C(c2ccc(OCCCC)c(F)c2F)CC1. The third kappa shape index (κ3) is 3.96. The molecule has 0 radical (unpaired) electrons. The van der Waals surface area contributed by atoms with Crippen molar-refractivity contribution in [3.8, 4) is 5.75 Å². The van der Waals surface area contributed by atoms with Gasteiger partial charge in [-0.05, 0) is 56.2 Å². The first-order chi connectivity index (χ1) is 10.7. The molecular weight excluding hydrogens is 282 g/mol. The Labute approximate surface area is 131 Å². The fourth-order valence-electron chi connectivity index (χ4n) is 2.76. The third-order valence-corrected chi connectivity index (χ3v) is 4.06. The van der Waals surface area contributed by atoms with Crippen LogP contribution in [-0.4, -0.2) is 6.61 Å². The molecule has 2 rings (SSSR count). The molecule has 0 saturated heterocycles. The van der Waals surface area contributed by atoms with E-state index in [-0.39, 0.29) is 5.75 Å². The van der Waals surface area contributed by atoms with Gasteiger partial charge in [0.15, 0.2) is 11.6 Å². The van der Waals surface area contributed by atoms with E-state index in [0.29, 0.717) is 18.1 Å². The van der Waals surface area contributed by atoms with E-state index in [1.165, 1.54) is 0 Å². The second kappa shape index (κ2) is 8.11. The minimum absolute atomic E-state index is 0.0119. The lowest BCUT2D eigenvalue weighted by molar-refractivity contribution is 0.288. The van der Waals surface area contributed by atoms with Crippen molar-refractivity contribution in [3.63, 3.8) is 0 Å². The van der Waals surface area contributed by atoms with E-state index in [1.807, 2.05) is 26.0 Å². The van der Waals surface area contributed by atoms with Crippen molar-refractivity contribution in [3.05, 3.63) is 47.6 Å². The van der Waals surface area contributed by atoms with Crippen molar-refractivity contribution < 1.29 is 13.5 Å². The summed E-state index contributed by atoms with van der Waals surface area (Å²) >= 11 is 0. The van der Waals surface area contributed by atoms with Crippen LogP contribution in [0.15, 0.2) is 30.4 Å². The van der Waals surface area contributed by atoms with Crippen molar-refractivity contribution in [2.24, 2.45) is 5.92 Å². The number of benzene rings is 1. The number of hydrogen-bond acceptors (Lipinski definition) is 1. The van der Waals surface area contributed by atoms with Gasteiger partial charge in [0, 0.05) is 5.56 Å². The van der Waals surface area contributed by atoms with E-state index >= 15 is 0 Å². The van der Waals surface area contributed by atoms with Crippen LogP contribution in [0.25, 0.3) is 5.57 Å². The fraction of sp³-hybridized carbons (Fsp3) is 0.474. The molecular formula is C19H24F2O. The van der Waals surface area contributed by atoms with Crippen LogP contribution < -0.4 is 4.74 Å². The number of unbranched alkanes of at least 4 members (excludes halogenated alkanes) is 1.